The summed E-state index contributed by atoms with van der Waals surface area (Å²) < 4.78 is 0. The number of rotatable bonds is 2. The van der Waals surface area contributed by atoms with Gasteiger partial charge in [-0.2, -0.15) is 5.26 Å². The van der Waals surface area contributed by atoms with Crippen LogP contribution in [0.1, 0.15) is 39.2 Å². The summed E-state index contributed by atoms with van der Waals surface area (Å²) >= 11 is 1.69. The molecule has 3 rings (SSSR count). The molecule has 1 heterocycles. The van der Waals surface area contributed by atoms with E-state index in [0.29, 0.717) is 11.3 Å². The molecule has 20 heavy (non-hydrogen) atoms. The summed E-state index contributed by atoms with van der Waals surface area (Å²) in [5.41, 5.74) is 3.24. The van der Waals surface area contributed by atoms with Crippen LogP contribution in [0.4, 0.5) is 5.69 Å². The van der Waals surface area contributed by atoms with Crippen LogP contribution in [0.5, 0.6) is 0 Å². The van der Waals surface area contributed by atoms with Gasteiger partial charge >= 0.3 is 0 Å². The second kappa shape index (κ2) is 5.48. The Labute approximate surface area is 121 Å². The van der Waals surface area contributed by atoms with Crippen LogP contribution in [0.2, 0.25) is 0 Å². The van der Waals surface area contributed by atoms with Gasteiger partial charge in [0.2, 0.25) is 0 Å². The molecule has 2 aromatic rings. The normalized spacial score (nSPS) is 13.3. The monoisotopic (exact) mass is 282 g/mol. The summed E-state index contributed by atoms with van der Waals surface area (Å²) in [4.78, 5) is 13.7. The van der Waals surface area contributed by atoms with Gasteiger partial charge in [-0.1, -0.05) is 6.07 Å². The molecule has 0 saturated carbocycles. The number of aryl methyl sites for hydroxylation is 1. The molecule has 0 atom stereocenters. The van der Waals surface area contributed by atoms with Crippen LogP contribution in [0.25, 0.3) is 0 Å². The Balaban J connectivity index is 1.83. The number of hydrogen-bond donors (Lipinski definition) is 1. The second-order valence-corrected chi connectivity index (χ2v) is 5.87. The highest BCUT2D eigenvalue weighted by molar-refractivity contribution is 7.10. The fourth-order valence-corrected chi connectivity index (χ4v) is 3.68. The number of thiophene rings is 1. The molecule has 0 saturated heterocycles. The van der Waals surface area contributed by atoms with Gasteiger partial charge in [0.15, 0.2) is 0 Å². The van der Waals surface area contributed by atoms with Crippen molar-refractivity contribution in [2.75, 3.05) is 5.32 Å². The number of benzene rings is 1. The van der Waals surface area contributed by atoms with E-state index >= 15 is 0 Å². The first-order valence-corrected chi connectivity index (χ1v) is 7.56. The molecule has 1 aromatic carbocycles. The number of carbonyl (C=O) groups is 1. The SMILES string of the molecule is N#Cc1cccc(NC(=O)c2csc3c2CCCC3)c1. The fraction of sp³-hybridized carbons (Fsp3) is 0.250. The van der Waals surface area contributed by atoms with Gasteiger partial charge in [0.25, 0.3) is 5.91 Å². The third kappa shape index (κ3) is 2.45. The van der Waals surface area contributed by atoms with Crippen molar-refractivity contribution in [3.8, 4) is 6.07 Å². The van der Waals surface area contributed by atoms with Gasteiger partial charge in [-0.3, -0.25) is 4.79 Å². The Morgan fingerprint density at radius 1 is 1.30 bits per heavy atom. The van der Waals surface area contributed by atoms with E-state index in [2.05, 4.69) is 11.4 Å². The largest absolute Gasteiger partial charge is 0.322 e. The molecule has 100 valence electrons. The maximum absolute atomic E-state index is 12.4. The summed E-state index contributed by atoms with van der Waals surface area (Å²) in [6.45, 7) is 0. The van der Waals surface area contributed by atoms with Gasteiger partial charge in [-0.25, -0.2) is 0 Å². The quantitative estimate of drug-likeness (QED) is 0.912. The van der Waals surface area contributed by atoms with E-state index in [-0.39, 0.29) is 5.91 Å². The van der Waals surface area contributed by atoms with E-state index < -0.39 is 0 Å². The van der Waals surface area contributed by atoms with Crippen molar-refractivity contribution in [1.82, 2.24) is 0 Å². The van der Waals surface area contributed by atoms with Crippen LogP contribution in [-0.2, 0) is 12.8 Å². The third-order valence-corrected chi connectivity index (χ3v) is 4.64. The van der Waals surface area contributed by atoms with Crippen LogP contribution in [-0.4, -0.2) is 5.91 Å². The van der Waals surface area contributed by atoms with E-state index in [1.807, 2.05) is 5.38 Å². The molecule has 0 aliphatic heterocycles. The maximum Gasteiger partial charge on any atom is 0.256 e. The molecule has 1 aliphatic rings. The van der Waals surface area contributed by atoms with Crippen molar-refractivity contribution in [1.29, 1.82) is 5.26 Å². The number of nitrogens with one attached hydrogen (secondary N) is 1. The first-order chi connectivity index (χ1) is 9.78. The minimum atomic E-state index is -0.0699. The molecule has 1 amide bonds. The van der Waals surface area contributed by atoms with Crippen molar-refractivity contribution in [3.05, 3.63) is 51.2 Å². The first-order valence-electron chi connectivity index (χ1n) is 6.68. The van der Waals surface area contributed by atoms with Crippen LogP contribution in [0.3, 0.4) is 0 Å². The zero-order valence-electron chi connectivity index (χ0n) is 11.0. The highest BCUT2D eigenvalue weighted by Gasteiger charge is 2.20. The topological polar surface area (TPSA) is 52.9 Å². The number of amides is 1. The number of fused-ring (bicyclic) bond motifs is 1. The molecule has 0 radical (unpaired) electrons. The Bertz CT molecular complexity index is 697. The molecule has 0 fully saturated rings. The average Bonchev–Trinajstić information content (AvgIpc) is 2.91. The Kier molecular flexibility index (Phi) is 3.53. The van der Waals surface area contributed by atoms with Gasteiger partial charge in [0.1, 0.15) is 0 Å². The van der Waals surface area contributed by atoms with E-state index in [1.165, 1.54) is 16.9 Å². The minimum absolute atomic E-state index is 0.0699. The van der Waals surface area contributed by atoms with Gasteiger partial charge in [-0.05, 0) is 49.4 Å². The van der Waals surface area contributed by atoms with Gasteiger partial charge in [-0.15, -0.1) is 11.3 Å². The van der Waals surface area contributed by atoms with Crippen LogP contribution in [0, 0.1) is 11.3 Å². The van der Waals surface area contributed by atoms with Gasteiger partial charge in [0.05, 0.1) is 17.2 Å². The first kappa shape index (κ1) is 12.9. The van der Waals surface area contributed by atoms with Gasteiger partial charge < -0.3 is 5.32 Å². The molecule has 1 N–H and O–H groups in total. The lowest BCUT2D eigenvalue weighted by Crippen LogP contribution is -2.14. The highest BCUT2D eigenvalue weighted by Crippen LogP contribution is 2.30. The molecule has 1 aromatic heterocycles. The predicted octanol–water partition coefficient (Wildman–Crippen LogP) is 3.75. The third-order valence-electron chi connectivity index (χ3n) is 3.56. The van der Waals surface area contributed by atoms with E-state index in [1.54, 1.807) is 35.6 Å². The maximum atomic E-state index is 12.4. The lowest BCUT2D eigenvalue weighted by molar-refractivity contribution is 0.102. The summed E-state index contributed by atoms with van der Waals surface area (Å²) in [5.74, 6) is -0.0699. The van der Waals surface area contributed by atoms with Crippen LogP contribution < -0.4 is 5.32 Å². The number of nitriles is 1. The molecule has 0 bridgehead atoms. The van der Waals surface area contributed by atoms with E-state index in [4.69, 9.17) is 5.26 Å². The lowest BCUT2D eigenvalue weighted by Gasteiger charge is -2.12. The van der Waals surface area contributed by atoms with E-state index in [9.17, 15) is 4.79 Å². The van der Waals surface area contributed by atoms with Crippen molar-refractivity contribution < 1.29 is 4.79 Å². The fourth-order valence-electron chi connectivity index (χ4n) is 2.55. The zero-order chi connectivity index (χ0) is 13.9. The number of anilines is 1. The predicted molar refractivity (Wildman–Crippen MR) is 80.1 cm³/mol. The summed E-state index contributed by atoms with van der Waals surface area (Å²) in [5, 5.41) is 13.7. The number of nitrogens with zero attached hydrogens (tertiary/aromatic N) is 1. The molecule has 1 aliphatic carbocycles. The Morgan fingerprint density at radius 2 is 2.15 bits per heavy atom. The van der Waals surface area contributed by atoms with Crippen molar-refractivity contribution >= 4 is 22.9 Å². The molecule has 3 nitrogen and oxygen atoms in total. The Hall–Kier alpha value is -2.12. The summed E-state index contributed by atoms with van der Waals surface area (Å²) in [6, 6.07) is 9.07. The van der Waals surface area contributed by atoms with Gasteiger partial charge in [0, 0.05) is 15.9 Å². The summed E-state index contributed by atoms with van der Waals surface area (Å²) in [7, 11) is 0. The van der Waals surface area contributed by atoms with Crippen molar-refractivity contribution in [2.45, 2.75) is 25.7 Å². The van der Waals surface area contributed by atoms with Crippen molar-refractivity contribution in [2.24, 2.45) is 0 Å². The molecule has 4 heteroatoms. The highest BCUT2D eigenvalue weighted by atomic mass is 32.1. The minimum Gasteiger partial charge on any atom is -0.322 e. The smallest absolute Gasteiger partial charge is 0.256 e. The van der Waals surface area contributed by atoms with Crippen molar-refractivity contribution in [3.63, 3.8) is 0 Å². The lowest BCUT2D eigenvalue weighted by atomic mass is 9.95. The number of carbonyl (C=O) groups excluding carboxylic acids is 1. The molecule has 0 unspecified atom stereocenters. The number of hydrogen-bond acceptors (Lipinski definition) is 3. The Morgan fingerprint density at radius 3 is 3.00 bits per heavy atom. The van der Waals surface area contributed by atoms with Crippen LogP contribution >= 0.6 is 11.3 Å². The molecular weight excluding hydrogens is 268 g/mol. The molecule has 0 spiro atoms. The summed E-state index contributed by atoms with van der Waals surface area (Å²) in [6.07, 6.45) is 4.48. The zero-order valence-corrected chi connectivity index (χ0v) is 11.8. The standard InChI is InChI=1S/C16H14N2OS/c17-9-11-4-3-5-12(8-11)18-16(19)14-10-20-15-7-2-1-6-13(14)15/h3-5,8,10H,1-2,6-7H2,(H,18,19). The second-order valence-electron chi connectivity index (χ2n) is 4.90. The average molecular weight is 282 g/mol. The van der Waals surface area contributed by atoms with Crippen LogP contribution in [0.15, 0.2) is 29.6 Å². The van der Waals surface area contributed by atoms with E-state index in [0.717, 1.165) is 24.8 Å². The molecular formula is C16H14N2OS.